The monoisotopic (exact) mass is 996 g/mol. The van der Waals surface area contributed by atoms with Gasteiger partial charge in [0.2, 0.25) is 5.91 Å². The fourth-order valence-corrected chi connectivity index (χ4v) is 9.49. The Labute approximate surface area is 442 Å². The number of aliphatic hydroxyl groups is 2. The van der Waals surface area contributed by atoms with Crippen LogP contribution < -0.4 is 5.32 Å². The maximum absolute atomic E-state index is 12.4. The molecular weight excluding hydrogens is 875 g/mol. The van der Waals surface area contributed by atoms with Gasteiger partial charge >= 0.3 is 5.97 Å². The van der Waals surface area contributed by atoms with Crippen molar-refractivity contribution in [1.82, 2.24) is 5.32 Å². The number of nitrogens with one attached hydrogen (secondary N) is 1. The van der Waals surface area contributed by atoms with E-state index in [0.29, 0.717) is 19.4 Å². The normalized spacial score (nSPS) is 12.9. The largest absolute Gasteiger partial charge is 0.466 e. The van der Waals surface area contributed by atoms with Gasteiger partial charge in [0.25, 0.3) is 0 Å². The second-order valence-corrected chi connectivity index (χ2v) is 21.4. The average Bonchev–Trinajstić information content (AvgIpc) is 3.37. The molecule has 0 aromatic heterocycles. The van der Waals surface area contributed by atoms with Crippen molar-refractivity contribution < 1.29 is 24.5 Å². The number of hydrogen-bond acceptors (Lipinski definition) is 5. The number of unbranched alkanes of at least 4 members (excludes halogenated alkanes) is 41. The zero-order valence-corrected chi connectivity index (χ0v) is 47.5. The lowest BCUT2D eigenvalue weighted by atomic mass is 10.0. The number of hydrogen-bond donors (Lipinski definition) is 3. The molecule has 0 rings (SSSR count). The summed E-state index contributed by atoms with van der Waals surface area (Å²) in [5.41, 5.74) is 0. The Morgan fingerprint density at radius 1 is 0.394 bits per heavy atom. The minimum Gasteiger partial charge on any atom is -0.466 e. The maximum atomic E-state index is 12.4. The van der Waals surface area contributed by atoms with Crippen LogP contribution >= 0.6 is 0 Å². The predicted molar refractivity (Wildman–Crippen MR) is 310 cm³/mol. The quantitative estimate of drug-likeness (QED) is 0.0321. The van der Waals surface area contributed by atoms with Crippen molar-refractivity contribution in [2.45, 2.75) is 341 Å². The Morgan fingerprint density at radius 3 is 1.14 bits per heavy atom. The molecule has 0 aliphatic rings. The number of carbonyl (C=O) groups is 2. The van der Waals surface area contributed by atoms with Crippen LogP contribution in [0.4, 0.5) is 0 Å². The molecule has 6 heteroatoms. The first kappa shape index (κ1) is 68.8. The number of carbonyl (C=O) groups excluding carboxylic acids is 2. The van der Waals surface area contributed by atoms with Crippen molar-refractivity contribution in [2.24, 2.45) is 0 Å². The van der Waals surface area contributed by atoms with Crippen LogP contribution in [0.3, 0.4) is 0 Å². The average molecular weight is 997 g/mol. The summed E-state index contributed by atoms with van der Waals surface area (Å²) in [6.07, 6.45) is 77.4. The van der Waals surface area contributed by atoms with Crippen LogP contribution in [-0.4, -0.2) is 47.4 Å². The summed E-state index contributed by atoms with van der Waals surface area (Å²) < 4.78 is 5.47. The molecule has 2 atom stereocenters. The minimum absolute atomic E-state index is 0.000945. The molecule has 0 aliphatic carbocycles. The lowest BCUT2D eigenvalue weighted by molar-refractivity contribution is -0.143. The van der Waals surface area contributed by atoms with Crippen LogP contribution in [0.5, 0.6) is 0 Å². The first-order valence-corrected chi connectivity index (χ1v) is 31.4. The van der Waals surface area contributed by atoms with E-state index in [9.17, 15) is 19.8 Å². The van der Waals surface area contributed by atoms with Crippen molar-refractivity contribution in [3.8, 4) is 0 Å². The number of esters is 1. The Morgan fingerprint density at radius 2 is 0.732 bits per heavy atom. The van der Waals surface area contributed by atoms with E-state index in [0.717, 1.165) is 51.4 Å². The Hall–Kier alpha value is -2.18. The van der Waals surface area contributed by atoms with Crippen LogP contribution in [0.2, 0.25) is 0 Å². The van der Waals surface area contributed by atoms with Crippen LogP contribution in [0.1, 0.15) is 328 Å². The highest BCUT2D eigenvalue weighted by atomic mass is 16.5. The third-order valence-corrected chi connectivity index (χ3v) is 14.3. The molecule has 0 saturated carbocycles. The van der Waals surface area contributed by atoms with Gasteiger partial charge in [-0.05, 0) is 83.5 Å². The molecule has 416 valence electrons. The van der Waals surface area contributed by atoms with Crippen LogP contribution in [0, 0.1) is 0 Å². The molecular formula is C65H121NO5. The van der Waals surface area contributed by atoms with E-state index < -0.39 is 12.1 Å². The second kappa shape index (κ2) is 60.4. The lowest BCUT2D eigenvalue weighted by Crippen LogP contribution is -2.45. The van der Waals surface area contributed by atoms with Gasteiger partial charge < -0.3 is 20.3 Å². The molecule has 0 spiro atoms. The van der Waals surface area contributed by atoms with Crippen molar-refractivity contribution in [2.75, 3.05) is 13.2 Å². The Bertz CT molecular complexity index is 1190. The smallest absolute Gasteiger partial charge is 0.305 e. The van der Waals surface area contributed by atoms with Gasteiger partial charge in [0.15, 0.2) is 0 Å². The van der Waals surface area contributed by atoms with Crippen LogP contribution in [0.25, 0.3) is 0 Å². The molecule has 0 fully saturated rings. The van der Waals surface area contributed by atoms with Crippen molar-refractivity contribution >= 4 is 11.9 Å². The fraction of sp³-hybridized carbons (Fsp3) is 0.846. The third-order valence-electron chi connectivity index (χ3n) is 14.3. The Balaban J connectivity index is 3.37. The van der Waals surface area contributed by atoms with E-state index >= 15 is 0 Å². The summed E-state index contributed by atoms with van der Waals surface area (Å²) in [6.45, 7) is 4.83. The van der Waals surface area contributed by atoms with Gasteiger partial charge in [0, 0.05) is 12.8 Å². The number of aliphatic hydroxyl groups excluding tert-OH is 2. The maximum Gasteiger partial charge on any atom is 0.305 e. The number of ether oxygens (including phenoxy) is 1. The van der Waals surface area contributed by atoms with Crippen molar-refractivity contribution in [1.29, 1.82) is 0 Å². The van der Waals surface area contributed by atoms with Gasteiger partial charge in [-0.2, -0.15) is 0 Å². The molecule has 0 aromatic carbocycles. The molecule has 0 radical (unpaired) electrons. The van der Waals surface area contributed by atoms with Gasteiger partial charge in [-0.15, -0.1) is 0 Å². The van der Waals surface area contributed by atoms with E-state index in [1.807, 2.05) is 6.08 Å². The Kier molecular flexibility index (Phi) is 58.5. The molecule has 0 heterocycles. The highest BCUT2D eigenvalue weighted by Gasteiger charge is 2.18. The summed E-state index contributed by atoms with van der Waals surface area (Å²) in [5, 5.41) is 23.0. The lowest BCUT2D eigenvalue weighted by Gasteiger charge is -2.20. The highest BCUT2D eigenvalue weighted by molar-refractivity contribution is 5.76. The van der Waals surface area contributed by atoms with E-state index in [1.165, 1.54) is 250 Å². The fourth-order valence-electron chi connectivity index (χ4n) is 9.49. The summed E-state index contributed by atoms with van der Waals surface area (Å²) >= 11 is 0. The van der Waals surface area contributed by atoms with Crippen LogP contribution in [-0.2, 0) is 14.3 Å². The van der Waals surface area contributed by atoms with E-state index in [4.69, 9.17) is 4.74 Å². The highest BCUT2D eigenvalue weighted by Crippen LogP contribution is 2.17. The summed E-state index contributed by atoms with van der Waals surface area (Å²) in [7, 11) is 0. The zero-order chi connectivity index (χ0) is 51.4. The zero-order valence-electron chi connectivity index (χ0n) is 47.5. The van der Waals surface area contributed by atoms with Gasteiger partial charge in [0.05, 0.1) is 25.4 Å². The summed E-state index contributed by atoms with van der Waals surface area (Å²) in [4.78, 5) is 24.4. The molecule has 6 nitrogen and oxygen atoms in total. The molecule has 1 amide bonds. The van der Waals surface area contributed by atoms with Crippen molar-refractivity contribution in [3.05, 3.63) is 48.6 Å². The van der Waals surface area contributed by atoms with Gasteiger partial charge in [-0.25, -0.2) is 0 Å². The van der Waals surface area contributed by atoms with Crippen LogP contribution in [0.15, 0.2) is 48.6 Å². The van der Waals surface area contributed by atoms with Gasteiger partial charge in [-0.3, -0.25) is 9.59 Å². The number of allylic oxidation sites excluding steroid dienone is 7. The third kappa shape index (κ3) is 57.0. The molecule has 3 N–H and O–H groups in total. The SMILES string of the molecule is CCC/C=C\C/C=C\CCCCCCCC(=O)OCCCCCCCCCCCCCC/C=C\CCCCCCCCCCCCCCCCC(=O)NC(CO)C(O)/C=C/CCCCCCCCCCC. The van der Waals surface area contributed by atoms with E-state index in [2.05, 4.69) is 55.6 Å². The molecule has 0 bridgehead atoms. The summed E-state index contributed by atoms with van der Waals surface area (Å²) in [5.74, 6) is -0.0666. The topological polar surface area (TPSA) is 95.9 Å². The molecule has 0 aromatic rings. The first-order valence-electron chi connectivity index (χ1n) is 31.4. The van der Waals surface area contributed by atoms with E-state index in [1.54, 1.807) is 6.08 Å². The standard InChI is InChI=1S/C65H121NO5/c1-3-5-7-9-11-13-15-34-39-43-47-51-55-59-65(70)71-60-56-52-48-44-40-36-33-31-29-27-25-23-21-19-17-16-18-20-22-24-26-28-30-32-35-38-42-46-50-54-58-64(69)66-62(61-67)63(68)57-53-49-45-41-37-14-12-10-8-6-4-2/h7,9,13,15,17,19,53,57,62-63,67-68H,3-6,8,10-12,14,16,18,20-52,54-56,58-61H2,1-2H3,(H,66,69)/b9-7-,15-13-,19-17-,57-53+. The van der Waals surface area contributed by atoms with Gasteiger partial charge in [-0.1, -0.05) is 281 Å². The number of rotatable bonds is 58. The molecule has 0 saturated heterocycles. The van der Waals surface area contributed by atoms with E-state index in [-0.39, 0.29) is 18.5 Å². The first-order chi connectivity index (χ1) is 35.0. The minimum atomic E-state index is -0.842. The molecule has 0 aliphatic heterocycles. The molecule has 2 unspecified atom stereocenters. The molecule has 71 heavy (non-hydrogen) atoms. The predicted octanol–water partition coefficient (Wildman–Crippen LogP) is 19.7. The number of amides is 1. The van der Waals surface area contributed by atoms with Gasteiger partial charge in [0.1, 0.15) is 0 Å². The second-order valence-electron chi connectivity index (χ2n) is 21.4. The van der Waals surface area contributed by atoms with Crippen molar-refractivity contribution in [3.63, 3.8) is 0 Å². The summed E-state index contributed by atoms with van der Waals surface area (Å²) in [6, 6.07) is -0.626.